The Morgan fingerprint density at radius 3 is 2.20 bits per heavy atom. The first-order chi connectivity index (χ1) is 7.17. The smallest absolute Gasteiger partial charge is 0.0490 e. The van der Waals surface area contributed by atoms with Crippen LogP contribution >= 0.6 is 23.2 Å². The minimum Gasteiger partial charge on any atom is -0.396 e. The van der Waals surface area contributed by atoms with Gasteiger partial charge in [-0.1, -0.05) is 35.7 Å². The molecule has 0 amide bonds. The van der Waals surface area contributed by atoms with E-state index in [-0.39, 0.29) is 12.0 Å². The topological polar surface area (TPSA) is 20.2 Å². The van der Waals surface area contributed by atoms with Gasteiger partial charge in [0.25, 0.3) is 0 Å². The molecule has 15 heavy (non-hydrogen) atoms. The van der Waals surface area contributed by atoms with E-state index >= 15 is 0 Å². The summed E-state index contributed by atoms with van der Waals surface area (Å²) in [4.78, 5) is 0. The van der Waals surface area contributed by atoms with Crippen molar-refractivity contribution in [2.75, 3.05) is 6.61 Å². The minimum absolute atomic E-state index is 0.0363. The van der Waals surface area contributed by atoms with Gasteiger partial charge < -0.3 is 5.11 Å². The zero-order valence-electron chi connectivity index (χ0n) is 8.47. The highest BCUT2D eigenvalue weighted by atomic mass is 35.5. The molecule has 1 aliphatic carbocycles. The van der Waals surface area contributed by atoms with Crippen molar-refractivity contribution >= 4 is 23.2 Å². The van der Waals surface area contributed by atoms with E-state index in [0.29, 0.717) is 10.0 Å². The highest BCUT2D eigenvalue weighted by Crippen LogP contribution is 2.45. The molecular weight excluding hydrogens is 231 g/mol. The monoisotopic (exact) mass is 244 g/mol. The molecule has 0 radical (unpaired) electrons. The molecule has 3 heteroatoms. The quantitative estimate of drug-likeness (QED) is 0.860. The lowest BCUT2D eigenvalue weighted by atomic mass is 9.66. The van der Waals surface area contributed by atoms with Crippen molar-refractivity contribution in [3.63, 3.8) is 0 Å². The predicted molar refractivity (Wildman–Crippen MR) is 63.5 cm³/mol. The van der Waals surface area contributed by atoms with Gasteiger partial charge in [-0.15, -0.1) is 0 Å². The van der Waals surface area contributed by atoms with Crippen molar-refractivity contribution in [1.82, 2.24) is 0 Å². The Morgan fingerprint density at radius 1 is 1.20 bits per heavy atom. The van der Waals surface area contributed by atoms with E-state index in [1.807, 2.05) is 18.2 Å². The number of rotatable bonds is 3. The summed E-state index contributed by atoms with van der Waals surface area (Å²) >= 11 is 12.2. The van der Waals surface area contributed by atoms with Crippen LogP contribution in [-0.2, 0) is 6.42 Å². The molecule has 1 nitrogen and oxygen atoms in total. The van der Waals surface area contributed by atoms with Crippen molar-refractivity contribution in [2.45, 2.75) is 25.7 Å². The fourth-order valence-electron chi connectivity index (χ4n) is 2.14. The highest BCUT2D eigenvalue weighted by Gasteiger charge is 2.37. The van der Waals surface area contributed by atoms with Crippen molar-refractivity contribution in [3.05, 3.63) is 33.8 Å². The van der Waals surface area contributed by atoms with Gasteiger partial charge in [-0.2, -0.15) is 0 Å². The lowest BCUT2D eigenvalue weighted by molar-refractivity contribution is 0.0451. The molecule has 1 aromatic rings. The molecule has 82 valence electrons. The summed E-state index contributed by atoms with van der Waals surface area (Å²) in [5.41, 5.74) is 1.02. The van der Waals surface area contributed by atoms with Crippen molar-refractivity contribution in [3.8, 4) is 0 Å². The second kappa shape index (κ2) is 4.32. The fourth-order valence-corrected chi connectivity index (χ4v) is 2.67. The van der Waals surface area contributed by atoms with Gasteiger partial charge in [-0.3, -0.25) is 0 Å². The SMILES string of the molecule is OCC1(Cc2c(Cl)cccc2Cl)CCC1. The van der Waals surface area contributed by atoms with Gasteiger partial charge in [0.05, 0.1) is 0 Å². The van der Waals surface area contributed by atoms with Gasteiger partial charge in [0.15, 0.2) is 0 Å². The lowest BCUT2D eigenvalue weighted by Crippen LogP contribution is -2.35. The third kappa shape index (κ3) is 2.15. The molecule has 1 fully saturated rings. The molecule has 0 spiro atoms. The zero-order chi connectivity index (χ0) is 10.9. The zero-order valence-corrected chi connectivity index (χ0v) is 9.98. The normalized spacial score (nSPS) is 18.6. The highest BCUT2D eigenvalue weighted by molar-refractivity contribution is 6.36. The first-order valence-corrected chi connectivity index (χ1v) is 5.96. The Morgan fingerprint density at radius 2 is 1.80 bits per heavy atom. The van der Waals surface area contributed by atoms with Crippen LogP contribution in [0.2, 0.25) is 10.0 Å². The molecule has 0 heterocycles. The van der Waals surface area contributed by atoms with Gasteiger partial charge in [-0.25, -0.2) is 0 Å². The first-order valence-electron chi connectivity index (χ1n) is 5.21. The number of aliphatic hydroxyl groups is 1. The van der Waals surface area contributed by atoms with E-state index in [0.717, 1.165) is 24.8 Å². The van der Waals surface area contributed by atoms with Crippen LogP contribution < -0.4 is 0 Å². The Bertz CT molecular complexity index is 333. The molecule has 0 bridgehead atoms. The first kappa shape index (κ1) is 11.3. The van der Waals surface area contributed by atoms with Gasteiger partial charge in [0.2, 0.25) is 0 Å². The Kier molecular flexibility index (Phi) is 3.24. The summed E-state index contributed by atoms with van der Waals surface area (Å²) < 4.78 is 0. The number of hydrogen-bond acceptors (Lipinski definition) is 1. The van der Waals surface area contributed by atoms with Crippen LogP contribution in [0.5, 0.6) is 0 Å². The van der Waals surface area contributed by atoms with Crippen LogP contribution in [-0.4, -0.2) is 11.7 Å². The number of halogens is 2. The van der Waals surface area contributed by atoms with E-state index in [2.05, 4.69) is 0 Å². The van der Waals surface area contributed by atoms with Crippen LogP contribution in [0.1, 0.15) is 24.8 Å². The average molecular weight is 245 g/mol. The largest absolute Gasteiger partial charge is 0.396 e. The Balaban J connectivity index is 2.23. The maximum Gasteiger partial charge on any atom is 0.0490 e. The molecule has 1 saturated carbocycles. The van der Waals surface area contributed by atoms with E-state index in [1.165, 1.54) is 6.42 Å². The summed E-state index contributed by atoms with van der Waals surface area (Å²) in [6.07, 6.45) is 4.14. The lowest BCUT2D eigenvalue weighted by Gasteiger charge is -2.40. The number of hydrogen-bond donors (Lipinski definition) is 1. The molecule has 1 aromatic carbocycles. The molecule has 0 saturated heterocycles. The number of aliphatic hydroxyl groups excluding tert-OH is 1. The second-order valence-electron chi connectivity index (χ2n) is 4.39. The fraction of sp³-hybridized carbons (Fsp3) is 0.500. The van der Waals surface area contributed by atoms with Crippen LogP contribution in [0.3, 0.4) is 0 Å². The summed E-state index contributed by atoms with van der Waals surface area (Å²) in [6.45, 7) is 0.231. The van der Waals surface area contributed by atoms with Crippen molar-refractivity contribution in [1.29, 1.82) is 0 Å². The van der Waals surface area contributed by atoms with Crippen LogP contribution in [0.15, 0.2) is 18.2 Å². The molecule has 0 atom stereocenters. The predicted octanol–water partition coefficient (Wildman–Crippen LogP) is 3.70. The number of benzene rings is 1. The Hall–Kier alpha value is -0.240. The van der Waals surface area contributed by atoms with Gasteiger partial charge in [0.1, 0.15) is 0 Å². The van der Waals surface area contributed by atoms with Crippen molar-refractivity contribution in [2.24, 2.45) is 5.41 Å². The van der Waals surface area contributed by atoms with Gasteiger partial charge >= 0.3 is 0 Å². The third-order valence-corrected chi connectivity index (χ3v) is 4.07. The van der Waals surface area contributed by atoms with Crippen molar-refractivity contribution < 1.29 is 5.11 Å². The summed E-state index contributed by atoms with van der Waals surface area (Å²) in [6, 6.07) is 5.56. The molecule has 2 rings (SSSR count). The van der Waals surface area contributed by atoms with E-state index < -0.39 is 0 Å². The molecule has 0 aromatic heterocycles. The van der Waals surface area contributed by atoms with Gasteiger partial charge in [-0.05, 0) is 42.4 Å². The van der Waals surface area contributed by atoms with Crippen LogP contribution in [0.4, 0.5) is 0 Å². The summed E-state index contributed by atoms with van der Waals surface area (Å²) in [5.74, 6) is 0. The maximum atomic E-state index is 9.39. The standard InChI is InChI=1S/C12H14Cl2O/c13-10-3-1-4-11(14)9(10)7-12(8-15)5-2-6-12/h1,3-4,15H,2,5-8H2. The summed E-state index contributed by atoms with van der Waals surface area (Å²) in [5, 5.41) is 10.8. The van der Waals surface area contributed by atoms with Gasteiger partial charge in [0, 0.05) is 16.7 Å². The van der Waals surface area contributed by atoms with E-state index in [1.54, 1.807) is 0 Å². The van der Waals surface area contributed by atoms with E-state index in [9.17, 15) is 5.11 Å². The summed E-state index contributed by atoms with van der Waals surface area (Å²) in [7, 11) is 0. The minimum atomic E-state index is 0.0363. The maximum absolute atomic E-state index is 9.39. The Labute approximate surface area is 100 Å². The average Bonchev–Trinajstić information content (AvgIpc) is 2.15. The van der Waals surface area contributed by atoms with Crippen LogP contribution in [0, 0.1) is 5.41 Å². The van der Waals surface area contributed by atoms with Crippen LogP contribution in [0.25, 0.3) is 0 Å². The van der Waals surface area contributed by atoms with E-state index in [4.69, 9.17) is 23.2 Å². The molecule has 0 unspecified atom stereocenters. The molecule has 1 N–H and O–H groups in total. The third-order valence-electron chi connectivity index (χ3n) is 3.36. The molecular formula is C12H14Cl2O. The second-order valence-corrected chi connectivity index (χ2v) is 5.20. The molecule has 0 aliphatic heterocycles. The molecule has 1 aliphatic rings.